The van der Waals surface area contributed by atoms with Gasteiger partial charge in [-0.25, -0.2) is 0 Å². The molecule has 0 rings (SSSR count). The van der Waals surface area contributed by atoms with Crippen molar-refractivity contribution in [3.63, 3.8) is 0 Å². The van der Waals surface area contributed by atoms with Crippen LogP contribution in [0.3, 0.4) is 0 Å². The summed E-state index contributed by atoms with van der Waals surface area (Å²) in [5, 5.41) is 3.76. The van der Waals surface area contributed by atoms with E-state index in [-0.39, 0.29) is 0 Å². The third kappa shape index (κ3) is 4.17. The van der Waals surface area contributed by atoms with E-state index in [0.29, 0.717) is 0 Å². The smallest absolute Gasteiger partial charge is 0.323 e. The van der Waals surface area contributed by atoms with Gasteiger partial charge in [-0.2, -0.15) is 49.7 Å². The topological polar surface area (TPSA) is 76.8 Å². The van der Waals surface area contributed by atoms with Crippen LogP contribution in [-0.2, 0) is 0 Å². The van der Waals surface area contributed by atoms with Crippen molar-refractivity contribution in [2.45, 2.75) is 18.5 Å². The van der Waals surface area contributed by atoms with Crippen LogP contribution in [0.15, 0.2) is 10.2 Å². The van der Waals surface area contributed by atoms with Gasteiger partial charge in [-0.15, -0.1) is 0 Å². The Labute approximate surface area is 98.5 Å². The van der Waals surface area contributed by atoms with E-state index in [4.69, 9.17) is 0 Å². The first-order valence-electron chi connectivity index (χ1n) is 4.03. The molecule has 0 aromatic carbocycles. The summed E-state index contributed by atoms with van der Waals surface area (Å²) < 4.78 is 110. The molecule has 0 saturated carbocycles. The van der Waals surface area contributed by atoms with Crippen molar-refractivity contribution in [1.29, 1.82) is 0 Å². The number of nitrogens with two attached hydrogens (primary N) is 2. The zero-order valence-electron chi connectivity index (χ0n) is 8.53. The minimum absolute atomic E-state index is 1.86. The Hall–Kier alpha value is -1.69. The number of halogens is 9. The van der Waals surface area contributed by atoms with Gasteiger partial charge in [0.15, 0.2) is 11.6 Å². The number of alkyl halides is 9. The number of hydrogen-bond acceptors (Lipinski definition) is 4. The number of hydrazone groups is 2. The fraction of sp³-hybridized carbons (Fsp3) is 0.667. The predicted molar refractivity (Wildman–Crippen MR) is 44.9 cm³/mol. The van der Waals surface area contributed by atoms with E-state index in [1.807, 2.05) is 10.2 Å². The Bertz CT molecular complexity index is 360. The Morgan fingerprint density at radius 3 is 1.26 bits per heavy atom. The van der Waals surface area contributed by atoms with Crippen LogP contribution < -0.4 is 11.7 Å². The van der Waals surface area contributed by atoms with Crippen molar-refractivity contribution < 1.29 is 39.5 Å². The minimum Gasteiger partial charge on any atom is -0.323 e. The lowest BCUT2D eigenvalue weighted by Crippen LogP contribution is -2.49. The molecule has 0 saturated heterocycles. The predicted octanol–water partition coefficient (Wildman–Crippen LogP) is 1.92. The summed E-state index contributed by atoms with van der Waals surface area (Å²) in [4.78, 5) is 0. The van der Waals surface area contributed by atoms with Gasteiger partial charge in [0.1, 0.15) is 5.71 Å². The lowest BCUT2D eigenvalue weighted by Gasteiger charge is -2.24. The van der Waals surface area contributed by atoms with Crippen LogP contribution in [0.2, 0.25) is 0 Å². The van der Waals surface area contributed by atoms with Crippen molar-refractivity contribution in [2.24, 2.45) is 27.8 Å². The second-order valence-electron chi connectivity index (χ2n) is 3.01. The fourth-order valence-electron chi connectivity index (χ4n) is 1.05. The lowest BCUT2D eigenvalue weighted by molar-refractivity contribution is -0.260. The highest BCUT2D eigenvalue weighted by molar-refractivity contribution is 6.45. The molecule has 0 heterocycles. The molecule has 0 amide bonds. The standard InChI is InChI=1S/C6H5F9N4/c7-4(8,9)2(5(10,11)12)1(18-16)3(19-17)6(13,14)15/h2H,16-17H2/b18-1-,19-3+. The molecule has 0 aromatic heterocycles. The molecule has 13 heteroatoms. The molecule has 0 aliphatic rings. The quantitative estimate of drug-likeness (QED) is 0.354. The molecule has 4 N–H and O–H groups in total. The molecule has 4 nitrogen and oxygen atoms in total. The van der Waals surface area contributed by atoms with E-state index in [1.54, 1.807) is 0 Å². The van der Waals surface area contributed by atoms with Crippen LogP contribution in [-0.4, -0.2) is 30.0 Å². The Balaban J connectivity index is 5.95. The van der Waals surface area contributed by atoms with Crippen molar-refractivity contribution in [3.8, 4) is 0 Å². The van der Waals surface area contributed by atoms with E-state index < -0.39 is 35.9 Å². The van der Waals surface area contributed by atoms with Gasteiger partial charge in [-0.1, -0.05) is 0 Å². The summed E-state index contributed by atoms with van der Waals surface area (Å²) in [5.74, 6) is 3.80. The molecular weight excluding hydrogens is 299 g/mol. The third-order valence-electron chi connectivity index (χ3n) is 1.71. The molecule has 112 valence electrons. The van der Waals surface area contributed by atoms with Gasteiger partial charge in [0.2, 0.25) is 0 Å². The summed E-state index contributed by atoms with van der Waals surface area (Å²) in [7, 11) is 0. The second-order valence-corrected chi connectivity index (χ2v) is 3.01. The molecule has 0 bridgehead atoms. The van der Waals surface area contributed by atoms with Gasteiger partial charge >= 0.3 is 18.5 Å². The molecular formula is C6H5F9N4. The zero-order valence-corrected chi connectivity index (χ0v) is 8.53. The normalized spacial score (nSPS) is 16.1. The first-order valence-corrected chi connectivity index (χ1v) is 4.03. The molecule has 0 fully saturated rings. The van der Waals surface area contributed by atoms with E-state index in [1.165, 1.54) is 0 Å². The average Bonchev–Trinajstić information content (AvgIpc) is 2.10. The summed E-state index contributed by atoms with van der Waals surface area (Å²) in [6.45, 7) is 0. The molecule has 0 aliphatic heterocycles. The van der Waals surface area contributed by atoms with Crippen molar-refractivity contribution >= 4 is 11.4 Å². The van der Waals surface area contributed by atoms with Crippen LogP contribution in [0, 0.1) is 5.92 Å². The van der Waals surface area contributed by atoms with Crippen LogP contribution in [0.25, 0.3) is 0 Å². The molecule has 19 heavy (non-hydrogen) atoms. The highest BCUT2D eigenvalue weighted by atomic mass is 19.4. The summed E-state index contributed by atoms with van der Waals surface area (Å²) in [6, 6.07) is 0. The summed E-state index contributed by atoms with van der Waals surface area (Å²) in [6.07, 6.45) is -17.9. The number of hydrogen-bond donors (Lipinski definition) is 2. The number of rotatable bonds is 2. The Morgan fingerprint density at radius 1 is 0.737 bits per heavy atom. The molecule has 0 spiro atoms. The molecule has 0 aliphatic carbocycles. The average molecular weight is 304 g/mol. The first kappa shape index (κ1) is 17.3. The summed E-state index contributed by atoms with van der Waals surface area (Å²) in [5.41, 5.74) is -5.22. The maximum Gasteiger partial charge on any atom is 0.436 e. The van der Waals surface area contributed by atoms with Gasteiger partial charge in [0, 0.05) is 0 Å². The Morgan fingerprint density at radius 2 is 1.11 bits per heavy atom. The monoisotopic (exact) mass is 304 g/mol. The van der Waals surface area contributed by atoms with E-state index >= 15 is 0 Å². The van der Waals surface area contributed by atoms with E-state index in [9.17, 15) is 39.5 Å². The molecule has 0 unspecified atom stereocenters. The zero-order chi connectivity index (χ0) is 15.6. The largest absolute Gasteiger partial charge is 0.436 e. The highest BCUT2D eigenvalue weighted by Gasteiger charge is 2.62. The maximum absolute atomic E-state index is 12.2. The van der Waals surface area contributed by atoms with Gasteiger partial charge in [-0.05, 0) is 0 Å². The van der Waals surface area contributed by atoms with Gasteiger partial charge in [0.05, 0.1) is 0 Å². The van der Waals surface area contributed by atoms with Crippen molar-refractivity contribution in [2.75, 3.05) is 0 Å². The SMILES string of the molecule is N/N=C(\C(=N/N)C(F)(F)F)C(C(F)(F)F)C(F)(F)F. The van der Waals surface area contributed by atoms with Crippen molar-refractivity contribution in [3.05, 3.63) is 0 Å². The van der Waals surface area contributed by atoms with Gasteiger partial charge in [-0.3, -0.25) is 0 Å². The second kappa shape index (κ2) is 5.13. The van der Waals surface area contributed by atoms with Crippen LogP contribution in [0.4, 0.5) is 39.5 Å². The summed E-state index contributed by atoms with van der Waals surface area (Å²) >= 11 is 0. The highest BCUT2D eigenvalue weighted by Crippen LogP contribution is 2.41. The van der Waals surface area contributed by atoms with Crippen molar-refractivity contribution in [1.82, 2.24) is 0 Å². The van der Waals surface area contributed by atoms with Crippen LogP contribution >= 0.6 is 0 Å². The van der Waals surface area contributed by atoms with Gasteiger partial charge < -0.3 is 11.7 Å². The Kier molecular flexibility index (Phi) is 4.67. The lowest BCUT2D eigenvalue weighted by atomic mass is 9.97. The fourth-order valence-corrected chi connectivity index (χ4v) is 1.05. The molecule has 0 atom stereocenters. The van der Waals surface area contributed by atoms with Gasteiger partial charge in [0.25, 0.3) is 0 Å². The maximum atomic E-state index is 12.2. The van der Waals surface area contributed by atoms with E-state index in [0.717, 1.165) is 0 Å². The van der Waals surface area contributed by atoms with Crippen LogP contribution in [0.5, 0.6) is 0 Å². The third-order valence-corrected chi connectivity index (χ3v) is 1.71. The minimum atomic E-state index is -6.10. The number of nitrogens with zero attached hydrogens (tertiary/aromatic N) is 2. The first-order chi connectivity index (χ1) is 8.26. The van der Waals surface area contributed by atoms with E-state index in [2.05, 4.69) is 11.7 Å². The molecule has 0 radical (unpaired) electrons. The molecule has 0 aromatic rings. The van der Waals surface area contributed by atoms with Crippen LogP contribution in [0.1, 0.15) is 0 Å².